The van der Waals surface area contributed by atoms with Crippen LogP contribution in [0.15, 0.2) is 6.07 Å². The van der Waals surface area contributed by atoms with E-state index in [2.05, 4.69) is 6.92 Å². The Morgan fingerprint density at radius 2 is 1.76 bits per heavy atom. The normalized spacial score (nSPS) is 10.4. The molecule has 0 spiro atoms. The van der Waals surface area contributed by atoms with E-state index in [-0.39, 0.29) is 0 Å². The highest BCUT2D eigenvalue weighted by molar-refractivity contribution is 7.15. The Hall–Kier alpha value is -0.960. The highest BCUT2D eigenvalue weighted by Gasteiger charge is 2.07. The monoisotopic (exact) mass is 252 g/mol. The average molecular weight is 252 g/mol. The lowest BCUT2D eigenvalue weighted by atomic mass is 10.1. The molecule has 1 rings (SSSR count). The van der Waals surface area contributed by atoms with Crippen molar-refractivity contribution in [3.05, 3.63) is 21.4 Å². The Bertz CT molecular complexity index is 355. The van der Waals surface area contributed by atoms with Crippen LogP contribution in [0.3, 0.4) is 0 Å². The molecule has 0 unspecified atom stereocenters. The molecule has 0 atom stereocenters. The predicted molar refractivity (Wildman–Crippen MR) is 72.2 cm³/mol. The van der Waals surface area contributed by atoms with Gasteiger partial charge in [-0.3, -0.25) is 9.59 Å². The van der Waals surface area contributed by atoms with Crippen LogP contribution in [-0.2, 0) is 6.42 Å². The molecule has 0 bridgehead atoms. The number of aryl methyl sites for hydroxylation is 1. The fraction of sp³-hybridized carbons (Fsp3) is 0.571. The van der Waals surface area contributed by atoms with Gasteiger partial charge >= 0.3 is 0 Å². The molecule has 3 heteroatoms. The van der Waals surface area contributed by atoms with Gasteiger partial charge in [-0.1, -0.05) is 39.0 Å². The summed E-state index contributed by atoms with van der Waals surface area (Å²) in [5.74, 6) is 0. The Kier molecular flexibility index (Phi) is 6.78. The average Bonchev–Trinajstić information content (AvgIpc) is 2.76. The van der Waals surface area contributed by atoms with Crippen LogP contribution in [-0.4, -0.2) is 12.6 Å². The van der Waals surface area contributed by atoms with Gasteiger partial charge in [0.15, 0.2) is 12.6 Å². The molecule has 0 saturated carbocycles. The van der Waals surface area contributed by atoms with E-state index in [1.54, 1.807) is 0 Å². The Morgan fingerprint density at radius 3 is 2.41 bits per heavy atom. The first-order valence-electron chi connectivity index (χ1n) is 6.35. The molecule has 0 amide bonds. The molecule has 94 valence electrons. The third-order valence-electron chi connectivity index (χ3n) is 2.88. The van der Waals surface area contributed by atoms with Crippen LogP contribution in [0.1, 0.15) is 70.4 Å². The largest absolute Gasteiger partial charge is 0.297 e. The minimum Gasteiger partial charge on any atom is -0.297 e. The molecular weight excluding hydrogens is 232 g/mol. The van der Waals surface area contributed by atoms with Crippen LogP contribution in [0.25, 0.3) is 0 Å². The van der Waals surface area contributed by atoms with Gasteiger partial charge in [-0.2, -0.15) is 0 Å². The van der Waals surface area contributed by atoms with E-state index in [9.17, 15) is 9.59 Å². The van der Waals surface area contributed by atoms with E-state index < -0.39 is 0 Å². The van der Waals surface area contributed by atoms with Crippen LogP contribution in [0, 0.1) is 0 Å². The van der Waals surface area contributed by atoms with E-state index in [1.807, 2.05) is 6.07 Å². The topological polar surface area (TPSA) is 34.1 Å². The summed E-state index contributed by atoms with van der Waals surface area (Å²) in [4.78, 5) is 22.8. The molecular formula is C14H20O2S. The fourth-order valence-electron chi connectivity index (χ4n) is 1.91. The van der Waals surface area contributed by atoms with Crippen LogP contribution < -0.4 is 0 Å². The first-order chi connectivity index (χ1) is 8.31. The molecule has 0 radical (unpaired) electrons. The zero-order valence-corrected chi connectivity index (χ0v) is 11.2. The van der Waals surface area contributed by atoms with Gasteiger partial charge in [-0.05, 0) is 24.5 Å². The van der Waals surface area contributed by atoms with Gasteiger partial charge in [0, 0.05) is 0 Å². The summed E-state index contributed by atoms with van der Waals surface area (Å²) in [5, 5.41) is 0. The Balaban J connectivity index is 2.32. The third kappa shape index (κ3) is 4.82. The van der Waals surface area contributed by atoms with Crippen molar-refractivity contribution in [1.82, 2.24) is 0 Å². The lowest BCUT2D eigenvalue weighted by Gasteiger charge is -2.00. The van der Waals surface area contributed by atoms with E-state index in [0.29, 0.717) is 4.88 Å². The van der Waals surface area contributed by atoms with E-state index >= 15 is 0 Å². The molecule has 0 aromatic carbocycles. The molecule has 0 N–H and O–H groups in total. The van der Waals surface area contributed by atoms with Crippen molar-refractivity contribution in [3.8, 4) is 0 Å². The second-order valence-electron chi connectivity index (χ2n) is 4.29. The summed E-state index contributed by atoms with van der Waals surface area (Å²) in [6.45, 7) is 2.21. The predicted octanol–water partition coefficient (Wildman–Crippen LogP) is 4.28. The zero-order chi connectivity index (χ0) is 12.5. The molecule has 1 aromatic heterocycles. The van der Waals surface area contributed by atoms with Gasteiger partial charge in [-0.15, -0.1) is 11.3 Å². The molecule has 0 saturated heterocycles. The van der Waals surface area contributed by atoms with Gasteiger partial charge in [0.1, 0.15) is 0 Å². The van der Waals surface area contributed by atoms with E-state index in [1.165, 1.54) is 43.4 Å². The fourth-order valence-corrected chi connectivity index (χ4v) is 2.76. The number of thiophene rings is 1. The highest BCUT2D eigenvalue weighted by Crippen LogP contribution is 2.21. The first-order valence-corrected chi connectivity index (χ1v) is 7.16. The van der Waals surface area contributed by atoms with Crippen LogP contribution in [0.2, 0.25) is 0 Å². The Labute approximate surface area is 107 Å². The van der Waals surface area contributed by atoms with Gasteiger partial charge < -0.3 is 0 Å². The van der Waals surface area contributed by atoms with Gasteiger partial charge in [0.25, 0.3) is 0 Å². The van der Waals surface area contributed by atoms with Crippen molar-refractivity contribution in [2.24, 2.45) is 0 Å². The van der Waals surface area contributed by atoms with Gasteiger partial charge in [-0.25, -0.2) is 0 Å². The molecule has 1 heterocycles. The third-order valence-corrected chi connectivity index (χ3v) is 3.91. The summed E-state index contributed by atoms with van der Waals surface area (Å²) >= 11 is 1.30. The zero-order valence-electron chi connectivity index (χ0n) is 10.4. The van der Waals surface area contributed by atoms with Crippen molar-refractivity contribution in [3.63, 3.8) is 0 Å². The SMILES string of the molecule is CCCCCCCCc1cc(C=O)sc1C=O. The number of carbonyl (C=O) groups is 2. The number of carbonyl (C=O) groups excluding carboxylic acids is 2. The summed E-state index contributed by atoms with van der Waals surface area (Å²) in [6, 6.07) is 1.85. The number of unbranched alkanes of at least 4 members (excludes halogenated alkanes) is 5. The Morgan fingerprint density at radius 1 is 1.06 bits per heavy atom. The number of rotatable bonds is 9. The second-order valence-corrected chi connectivity index (χ2v) is 5.41. The molecule has 0 aliphatic heterocycles. The highest BCUT2D eigenvalue weighted by atomic mass is 32.1. The first kappa shape index (κ1) is 14.1. The lowest BCUT2D eigenvalue weighted by Crippen LogP contribution is -1.88. The molecule has 0 fully saturated rings. The van der Waals surface area contributed by atoms with Crippen molar-refractivity contribution < 1.29 is 9.59 Å². The summed E-state index contributed by atoms with van der Waals surface area (Å²) < 4.78 is 0. The second kappa shape index (κ2) is 8.18. The van der Waals surface area contributed by atoms with Crippen molar-refractivity contribution in [2.75, 3.05) is 0 Å². The quantitative estimate of drug-likeness (QED) is 0.485. The minimum atomic E-state index is 0.660. The smallest absolute Gasteiger partial charge is 0.160 e. The molecule has 17 heavy (non-hydrogen) atoms. The number of aldehydes is 2. The van der Waals surface area contributed by atoms with Crippen LogP contribution >= 0.6 is 11.3 Å². The molecule has 1 aromatic rings. The van der Waals surface area contributed by atoms with Crippen molar-refractivity contribution in [2.45, 2.75) is 51.9 Å². The minimum absolute atomic E-state index is 0.660. The molecule has 0 aliphatic carbocycles. The van der Waals surface area contributed by atoms with E-state index in [4.69, 9.17) is 0 Å². The maximum Gasteiger partial charge on any atom is 0.160 e. The van der Waals surface area contributed by atoms with Gasteiger partial charge in [0.2, 0.25) is 0 Å². The summed E-state index contributed by atoms with van der Waals surface area (Å²) in [7, 11) is 0. The van der Waals surface area contributed by atoms with Crippen LogP contribution in [0.4, 0.5) is 0 Å². The van der Waals surface area contributed by atoms with E-state index in [0.717, 1.165) is 35.9 Å². The number of hydrogen-bond donors (Lipinski definition) is 0. The van der Waals surface area contributed by atoms with Crippen molar-refractivity contribution in [1.29, 1.82) is 0 Å². The maximum atomic E-state index is 10.8. The van der Waals surface area contributed by atoms with Crippen LogP contribution in [0.5, 0.6) is 0 Å². The molecule has 0 aliphatic rings. The lowest BCUT2D eigenvalue weighted by molar-refractivity contribution is 0.111. The molecule has 2 nitrogen and oxygen atoms in total. The maximum absolute atomic E-state index is 10.8. The summed E-state index contributed by atoms with van der Waals surface area (Å²) in [5.41, 5.74) is 1.04. The van der Waals surface area contributed by atoms with Gasteiger partial charge in [0.05, 0.1) is 9.75 Å². The number of hydrogen-bond acceptors (Lipinski definition) is 3. The standard InChI is InChI=1S/C14H20O2S/c1-2-3-4-5-6-7-8-12-9-13(10-15)17-14(12)11-16/h9-11H,2-8H2,1H3. The summed E-state index contributed by atoms with van der Waals surface area (Å²) in [6.07, 6.45) is 10.1. The van der Waals surface area contributed by atoms with Crippen molar-refractivity contribution >= 4 is 23.9 Å².